The molecule has 0 aromatic heterocycles. The summed E-state index contributed by atoms with van der Waals surface area (Å²) < 4.78 is 5.07. The van der Waals surface area contributed by atoms with Crippen molar-refractivity contribution in [1.29, 1.82) is 0 Å². The molecule has 26 heavy (non-hydrogen) atoms. The van der Waals surface area contributed by atoms with Crippen LogP contribution in [0, 0.1) is 0 Å². The summed E-state index contributed by atoms with van der Waals surface area (Å²) in [5.41, 5.74) is 1.15. The molecule has 1 unspecified atom stereocenters. The molecule has 0 aliphatic heterocycles. The minimum absolute atomic E-state index is 0.252. The van der Waals surface area contributed by atoms with Gasteiger partial charge in [0, 0.05) is 23.3 Å². The number of halogens is 1. The summed E-state index contributed by atoms with van der Waals surface area (Å²) in [5.74, 6) is -1.12. The lowest BCUT2D eigenvalue weighted by Crippen LogP contribution is -2.39. The van der Waals surface area contributed by atoms with Crippen LogP contribution in [0.15, 0.2) is 29.8 Å². The molecule has 6 nitrogen and oxygen atoms in total. The number of nitrogens with one attached hydrogen (secondary N) is 1. The summed E-state index contributed by atoms with van der Waals surface area (Å²) in [6.45, 7) is 3.25. The molecule has 1 aromatic rings. The molecular formula is C18H22ClNO5S. The van der Waals surface area contributed by atoms with Crippen molar-refractivity contribution in [3.63, 3.8) is 0 Å². The number of carbonyl (C=O) groups excluding carboxylic acids is 2. The first kappa shape index (κ1) is 22.1. The number of thioether (sulfide) groups is 1. The van der Waals surface area contributed by atoms with Gasteiger partial charge in [-0.3, -0.25) is 4.79 Å². The largest absolute Gasteiger partial charge is 0.480 e. The molecule has 0 spiro atoms. The third-order valence-corrected chi connectivity index (χ3v) is 4.64. The van der Waals surface area contributed by atoms with E-state index in [1.54, 1.807) is 31.2 Å². The maximum atomic E-state index is 12.1. The van der Waals surface area contributed by atoms with Crippen LogP contribution in [-0.4, -0.2) is 47.1 Å². The number of esters is 1. The Labute approximate surface area is 161 Å². The van der Waals surface area contributed by atoms with Gasteiger partial charge < -0.3 is 15.2 Å². The van der Waals surface area contributed by atoms with Gasteiger partial charge in [0.05, 0.1) is 6.61 Å². The number of ether oxygens (including phenoxy) is 1. The van der Waals surface area contributed by atoms with Crippen molar-refractivity contribution in [1.82, 2.24) is 5.32 Å². The Morgan fingerprint density at radius 2 is 2.04 bits per heavy atom. The van der Waals surface area contributed by atoms with Crippen LogP contribution in [-0.2, 0) is 19.1 Å². The maximum absolute atomic E-state index is 12.1. The second-order valence-corrected chi connectivity index (χ2v) is 6.86. The fraction of sp³-hybridized carbons (Fsp3) is 0.389. The molecule has 1 aromatic carbocycles. The fourth-order valence-corrected chi connectivity index (χ4v) is 3.21. The van der Waals surface area contributed by atoms with Crippen molar-refractivity contribution in [3.8, 4) is 0 Å². The highest BCUT2D eigenvalue weighted by molar-refractivity contribution is 7.99. The zero-order valence-corrected chi connectivity index (χ0v) is 16.2. The van der Waals surface area contributed by atoms with Gasteiger partial charge in [0.1, 0.15) is 6.04 Å². The van der Waals surface area contributed by atoms with E-state index in [9.17, 15) is 14.4 Å². The SMILES string of the molecule is CCOC(=O)/C(=C/c1ccccc1Cl)CSCCC(NC(C)=O)C(=O)O. The van der Waals surface area contributed by atoms with Crippen molar-refractivity contribution in [2.45, 2.75) is 26.3 Å². The standard InChI is InChI=1S/C18H22ClNO5S/c1-3-25-18(24)14(10-13-6-4-5-7-15(13)19)11-26-9-8-16(17(22)23)20-12(2)21/h4-7,10,16H,3,8-9,11H2,1-2H3,(H,20,21)(H,22,23)/b14-10+. The maximum Gasteiger partial charge on any atom is 0.334 e. The Hall–Kier alpha value is -1.99. The number of aliphatic carboxylic acids is 1. The summed E-state index contributed by atoms with van der Waals surface area (Å²) in [5, 5.41) is 12.0. The third kappa shape index (κ3) is 7.93. The molecule has 1 atom stereocenters. The van der Waals surface area contributed by atoms with Crippen molar-refractivity contribution >= 4 is 47.3 Å². The Bertz CT molecular complexity index is 677. The van der Waals surface area contributed by atoms with E-state index in [1.807, 2.05) is 6.07 Å². The molecule has 0 aliphatic rings. The molecule has 8 heteroatoms. The molecular weight excluding hydrogens is 378 g/mol. The van der Waals surface area contributed by atoms with Gasteiger partial charge >= 0.3 is 11.9 Å². The second kappa shape index (κ2) is 11.6. The molecule has 0 fully saturated rings. The van der Waals surface area contributed by atoms with Crippen molar-refractivity contribution in [2.24, 2.45) is 0 Å². The molecule has 1 amide bonds. The van der Waals surface area contributed by atoms with Gasteiger partial charge in [-0.1, -0.05) is 29.8 Å². The van der Waals surface area contributed by atoms with Gasteiger partial charge in [-0.25, -0.2) is 9.59 Å². The first-order valence-corrected chi connectivity index (χ1v) is 9.58. The number of hydrogen-bond acceptors (Lipinski definition) is 5. The smallest absolute Gasteiger partial charge is 0.334 e. The second-order valence-electron chi connectivity index (χ2n) is 5.34. The van der Waals surface area contributed by atoms with E-state index < -0.39 is 23.9 Å². The van der Waals surface area contributed by atoms with Crippen LogP contribution in [0.3, 0.4) is 0 Å². The molecule has 2 N–H and O–H groups in total. The lowest BCUT2D eigenvalue weighted by atomic mass is 10.1. The summed E-state index contributed by atoms with van der Waals surface area (Å²) >= 11 is 7.51. The summed E-state index contributed by atoms with van der Waals surface area (Å²) in [7, 11) is 0. The average Bonchev–Trinajstić information content (AvgIpc) is 2.57. The van der Waals surface area contributed by atoms with Crippen LogP contribution in [0.2, 0.25) is 5.02 Å². The third-order valence-electron chi connectivity index (χ3n) is 3.26. The normalized spacial score (nSPS) is 12.3. The number of benzene rings is 1. The lowest BCUT2D eigenvalue weighted by molar-refractivity contribution is -0.141. The number of rotatable bonds is 10. The zero-order valence-electron chi connectivity index (χ0n) is 14.7. The van der Waals surface area contributed by atoms with Gasteiger partial charge in [-0.2, -0.15) is 11.8 Å². The summed E-state index contributed by atoms with van der Waals surface area (Å²) in [4.78, 5) is 34.3. The molecule has 0 heterocycles. The minimum atomic E-state index is -1.09. The van der Waals surface area contributed by atoms with Crippen molar-refractivity contribution in [2.75, 3.05) is 18.1 Å². The monoisotopic (exact) mass is 399 g/mol. The van der Waals surface area contributed by atoms with Crippen molar-refractivity contribution < 1.29 is 24.2 Å². The summed E-state index contributed by atoms with van der Waals surface area (Å²) in [6, 6.07) is 6.20. The van der Waals surface area contributed by atoms with E-state index in [2.05, 4.69) is 5.32 Å². The van der Waals surface area contributed by atoms with Gasteiger partial charge in [-0.05, 0) is 36.8 Å². The molecule has 1 rings (SSSR count). The van der Waals surface area contributed by atoms with Crippen LogP contribution < -0.4 is 5.32 Å². The van der Waals surface area contributed by atoms with E-state index in [0.29, 0.717) is 27.7 Å². The highest BCUT2D eigenvalue weighted by atomic mass is 35.5. The van der Waals surface area contributed by atoms with Crippen LogP contribution in [0.4, 0.5) is 0 Å². The van der Waals surface area contributed by atoms with E-state index in [1.165, 1.54) is 18.7 Å². The van der Waals surface area contributed by atoms with Crippen LogP contribution in [0.5, 0.6) is 0 Å². The van der Waals surface area contributed by atoms with Crippen LogP contribution in [0.1, 0.15) is 25.8 Å². The fourth-order valence-electron chi connectivity index (χ4n) is 2.05. The Morgan fingerprint density at radius 1 is 1.35 bits per heavy atom. The zero-order chi connectivity index (χ0) is 19.5. The quantitative estimate of drug-likeness (QED) is 0.357. The number of carboxylic acids is 1. The molecule has 142 valence electrons. The number of carboxylic acid groups (broad SMARTS) is 1. The van der Waals surface area contributed by atoms with E-state index in [4.69, 9.17) is 21.4 Å². The Balaban J connectivity index is 2.73. The molecule has 0 aliphatic carbocycles. The highest BCUT2D eigenvalue weighted by Gasteiger charge is 2.18. The highest BCUT2D eigenvalue weighted by Crippen LogP contribution is 2.21. The van der Waals surface area contributed by atoms with Crippen LogP contribution >= 0.6 is 23.4 Å². The van der Waals surface area contributed by atoms with Gasteiger partial charge in [0.25, 0.3) is 0 Å². The predicted molar refractivity (Wildman–Crippen MR) is 103 cm³/mol. The van der Waals surface area contributed by atoms with Gasteiger partial charge in [0.15, 0.2) is 0 Å². The lowest BCUT2D eigenvalue weighted by Gasteiger charge is -2.13. The Morgan fingerprint density at radius 3 is 2.62 bits per heavy atom. The minimum Gasteiger partial charge on any atom is -0.480 e. The van der Waals surface area contributed by atoms with E-state index >= 15 is 0 Å². The number of carbonyl (C=O) groups is 3. The van der Waals surface area contributed by atoms with Gasteiger partial charge in [-0.15, -0.1) is 0 Å². The van der Waals surface area contributed by atoms with Crippen molar-refractivity contribution in [3.05, 3.63) is 40.4 Å². The molecule has 0 saturated carbocycles. The Kier molecular flexibility index (Phi) is 9.83. The molecule has 0 saturated heterocycles. The topological polar surface area (TPSA) is 92.7 Å². The first-order valence-electron chi connectivity index (χ1n) is 8.05. The van der Waals surface area contributed by atoms with Crippen LogP contribution in [0.25, 0.3) is 6.08 Å². The van der Waals surface area contributed by atoms with E-state index in [-0.39, 0.29) is 13.0 Å². The predicted octanol–water partition coefficient (Wildman–Crippen LogP) is 3.00. The average molecular weight is 400 g/mol. The first-order chi connectivity index (χ1) is 12.3. The van der Waals surface area contributed by atoms with E-state index in [0.717, 1.165) is 0 Å². The summed E-state index contributed by atoms with van der Waals surface area (Å²) in [6.07, 6.45) is 1.93. The number of amides is 1. The molecule has 0 bridgehead atoms. The van der Waals surface area contributed by atoms with Gasteiger partial charge in [0.2, 0.25) is 5.91 Å². The molecule has 0 radical (unpaired) electrons. The number of hydrogen-bond donors (Lipinski definition) is 2.